The standard InChI is InChI=1S/C13H16N4O/c1-17-12(5-6-16-17)13(18)15-9-11-4-2-3-10(7-11)8-14/h2-7H,8-9,14H2,1H3,(H,15,18). The lowest BCUT2D eigenvalue weighted by Crippen LogP contribution is -2.25. The number of nitrogens with one attached hydrogen (secondary N) is 1. The third-order valence-corrected chi connectivity index (χ3v) is 2.73. The van der Waals surface area contributed by atoms with E-state index in [0.29, 0.717) is 18.8 Å². The molecular formula is C13H16N4O. The van der Waals surface area contributed by atoms with Crippen LogP contribution in [0, 0.1) is 0 Å². The van der Waals surface area contributed by atoms with Crippen molar-refractivity contribution >= 4 is 5.91 Å². The Balaban J connectivity index is 1.99. The Hall–Kier alpha value is -2.14. The molecule has 1 aromatic heterocycles. The maximum atomic E-state index is 11.9. The number of aromatic nitrogens is 2. The van der Waals surface area contributed by atoms with E-state index in [4.69, 9.17) is 5.73 Å². The summed E-state index contributed by atoms with van der Waals surface area (Å²) in [5, 5.41) is 6.81. The van der Waals surface area contributed by atoms with E-state index >= 15 is 0 Å². The van der Waals surface area contributed by atoms with E-state index in [-0.39, 0.29) is 5.91 Å². The van der Waals surface area contributed by atoms with Crippen molar-refractivity contribution in [2.75, 3.05) is 0 Å². The third-order valence-electron chi connectivity index (χ3n) is 2.73. The lowest BCUT2D eigenvalue weighted by Gasteiger charge is -2.06. The molecule has 0 aliphatic rings. The average molecular weight is 244 g/mol. The summed E-state index contributed by atoms with van der Waals surface area (Å²) >= 11 is 0. The van der Waals surface area contributed by atoms with Gasteiger partial charge in [0.25, 0.3) is 5.91 Å². The van der Waals surface area contributed by atoms with Gasteiger partial charge in [0, 0.05) is 26.3 Å². The fourth-order valence-corrected chi connectivity index (χ4v) is 1.74. The Bertz CT molecular complexity index is 547. The first kappa shape index (κ1) is 12.3. The predicted octanol–water partition coefficient (Wildman–Crippen LogP) is 0.809. The number of carbonyl (C=O) groups excluding carboxylic acids is 1. The van der Waals surface area contributed by atoms with Gasteiger partial charge >= 0.3 is 0 Å². The first-order valence-corrected chi connectivity index (χ1v) is 5.75. The highest BCUT2D eigenvalue weighted by molar-refractivity contribution is 5.92. The van der Waals surface area contributed by atoms with Gasteiger partial charge in [0.15, 0.2) is 0 Å². The first-order chi connectivity index (χ1) is 8.70. The number of hydrogen-bond acceptors (Lipinski definition) is 3. The number of carbonyl (C=O) groups is 1. The van der Waals surface area contributed by atoms with Gasteiger partial charge < -0.3 is 11.1 Å². The van der Waals surface area contributed by atoms with Crippen molar-refractivity contribution in [1.82, 2.24) is 15.1 Å². The molecule has 94 valence electrons. The van der Waals surface area contributed by atoms with Crippen LogP contribution in [0.3, 0.4) is 0 Å². The van der Waals surface area contributed by atoms with E-state index < -0.39 is 0 Å². The predicted molar refractivity (Wildman–Crippen MR) is 68.7 cm³/mol. The fourth-order valence-electron chi connectivity index (χ4n) is 1.74. The molecule has 0 saturated carbocycles. The van der Waals surface area contributed by atoms with Crippen molar-refractivity contribution in [3.8, 4) is 0 Å². The molecule has 3 N–H and O–H groups in total. The Kier molecular flexibility index (Phi) is 3.74. The van der Waals surface area contributed by atoms with Crippen LogP contribution in [0.5, 0.6) is 0 Å². The molecule has 0 unspecified atom stereocenters. The van der Waals surface area contributed by atoms with Crippen LogP contribution in [0.25, 0.3) is 0 Å². The summed E-state index contributed by atoms with van der Waals surface area (Å²) in [4.78, 5) is 11.9. The summed E-state index contributed by atoms with van der Waals surface area (Å²) in [5.41, 5.74) is 8.21. The minimum atomic E-state index is -0.131. The molecule has 2 rings (SSSR count). The van der Waals surface area contributed by atoms with E-state index in [0.717, 1.165) is 11.1 Å². The molecule has 0 saturated heterocycles. The minimum absolute atomic E-state index is 0.131. The molecule has 1 aromatic carbocycles. The molecule has 2 aromatic rings. The summed E-state index contributed by atoms with van der Waals surface area (Å²) in [6.45, 7) is 0.987. The molecule has 5 nitrogen and oxygen atoms in total. The molecule has 0 radical (unpaired) electrons. The Labute approximate surface area is 106 Å². The van der Waals surface area contributed by atoms with Crippen LogP contribution in [-0.2, 0) is 20.1 Å². The Morgan fingerprint density at radius 2 is 2.17 bits per heavy atom. The molecular weight excluding hydrogens is 228 g/mol. The van der Waals surface area contributed by atoms with Crippen LogP contribution in [0.4, 0.5) is 0 Å². The number of amides is 1. The number of aryl methyl sites for hydroxylation is 1. The van der Waals surface area contributed by atoms with Gasteiger partial charge in [-0.1, -0.05) is 24.3 Å². The van der Waals surface area contributed by atoms with Crippen LogP contribution >= 0.6 is 0 Å². The topological polar surface area (TPSA) is 72.9 Å². The number of benzene rings is 1. The van der Waals surface area contributed by atoms with Crippen molar-refractivity contribution in [2.24, 2.45) is 12.8 Å². The number of rotatable bonds is 4. The van der Waals surface area contributed by atoms with E-state index in [1.54, 1.807) is 24.0 Å². The minimum Gasteiger partial charge on any atom is -0.347 e. The Morgan fingerprint density at radius 1 is 1.39 bits per heavy atom. The Morgan fingerprint density at radius 3 is 2.83 bits per heavy atom. The summed E-state index contributed by atoms with van der Waals surface area (Å²) in [5.74, 6) is -0.131. The molecule has 0 aliphatic carbocycles. The van der Waals surface area contributed by atoms with E-state index in [1.807, 2.05) is 24.3 Å². The van der Waals surface area contributed by atoms with E-state index in [9.17, 15) is 4.79 Å². The van der Waals surface area contributed by atoms with Crippen LogP contribution in [0.15, 0.2) is 36.5 Å². The van der Waals surface area contributed by atoms with Gasteiger partial charge in [-0.3, -0.25) is 9.48 Å². The lowest BCUT2D eigenvalue weighted by atomic mass is 10.1. The highest BCUT2D eigenvalue weighted by Gasteiger charge is 2.08. The summed E-state index contributed by atoms with van der Waals surface area (Å²) in [7, 11) is 1.74. The maximum absolute atomic E-state index is 11.9. The van der Waals surface area contributed by atoms with Gasteiger partial charge in [-0.25, -0.2) is 0 Å². The molecule has 0 atom stereocenters. The molecule has 1 amide bonds. The van der Waals surface area contributed by atoms with Crippen molar-refractivity contribution in [3.63, 3.8) is 0 Å². The normalized spacial score (nSPS) is 10.3. The van der Waals surface area contributed by atoms with Crippen molar-refractivity contribution in [1.29, 1.82) is 0 Å². The zero-order valence-corrected chi connectivity index (χ0v) is 10.3. The third kappa shape index (κ3) is 2.75. The van der Waals surface area contributed by atoms with Crippen molar-refractivity contribution < 1.29 is 4.79 Å². The van der Waals surface area contributed by atoms with E-state index in [1.165, 1.54) is 0 Å². The second-order valence-corrected chi connectivity index (χ2v) is 4.05. The van der Waals surface area contributed by atoms with Crippen LogP contribution < -0.4 is 11.1 Å². The van der Waals surface area contributed by atoms with E-state index in [2.05, 4.69) is 10.4 Å². The average Bonchev–Trinajstić information content (AvgIpc) is 2.82. The van der Waals surface area contributed by atoms with Gasteiger partial charge in [-0.2, -0.15) is 5.10 Å². The highest BCUT2D eigenvalue weighted by atomic mass is 16.2. The second kappa shape index (κ2) is 5.46. The number of nitrogens with zero attached hydrogens (tertiary/aromatic N) is 2. The quantitative estimate of drug-likeness (QED) is 0.836. The zero-order chi connectivity index (χ0) is 13.0. The smallest absolute Gasteiger partial charge is 0.269 e. The maximum Gasteiger partial charge on any atom is 0.269 e. The van der Waals surface area contributed by atoms with Crippen LogP contribution in [-0.4, -0.2) is 15.7 Å². The molecule has 0 spiro atoms. The van der Waals surface area contributed by atoms with Gasteiger partial charge in [-0.05, 0) is 17.2 Å². The summed E-state index contributed by atoms with van der Waals surface area (Å²) < 4.78 is 1.55. The first-order valence-electron chi connectivity index (χ1n) is 5.75. The highest BCUT2D eigenvalue weighted by Crippen LogP contribution is 2.05. The lowest BCUT2D eigenvalue weighted by molar-refractivity contribution is 0.0941. The second-order valence-electron chi connectivity index (χ2n) is 4.05. The number of nitrogens with two attached hydrogens (primary N) is 1. The van der Waals surface area contributed by atoms with Gasteiger partial charge in [-0.15, -0.1) is 0 Å². The van der Waals surface area contributed by atoms with Crippen molar-refractivity contribution in [3.05, 3.63) is 53.3 Å². The fraction of sp³-hybridized carbons (Fsp3) is 0.231. The van der Waals surface area contributed by atoms with Gasteiger partial charge in [0.1, 0.15) is 5.69 Å². The zero-order valence-electron chi connectivity index (χ0n) is 10.3. The van der Waals surface area contributed by atoms with Crippen LogP contribution in [0.2, 0.25) is 0 Å². The molecule has 18 heavy (non-hydrogen) atoms. The molecule has 1 heterocycles. The summed E-state index contributed by atoms with van der Waals surface area (Å²) in [6.07, 6.45) is 1.60. The molecule has 5 heteroatoms. The van der Waals surface area contributed by atoms with Crippen molar-refractivity contribution in [2.45, 2.75) is 13.1 Å². The molecule has 0 bridgehead atoms. The monoisotopic (exact) mass is 244 g/mol. The largest absolute Gasteiger partial charge is 0.347 e. The van der Waals surface area contributed by atoms with Gasteiger partial charge in [0.05, 0.1) is 0 Å². The molecule has 0 aliphatic heterocycles. The van der Waals surface area contributed by atoms with Crippen LogP contribution in [0.1, 0.15) is 21.6 Å². The number of hydrogen-bond donors (Lipinski definition) is 2. The SMILES string of the molecule is Cn1nccc1C(=O)NCc1cccc(CN)c1. The molecule has 0 fully saturated rings. The van der Waals surface area contributed by atoms with Gasteiger partial charge in [0.2, 0.25) is 0 Å². The summed E-state index contributed by atoms with van der Waals surface area (Å²) in [6, 6.07) is 9.54.